The molecule has 2 heterocycles. The first kappa shape index (κ1) is 11.5. The first-order valence-electron chi connectivity index (χ1n) is 6.48. The molecule has 0 atom stereocenters. The Morgan fingerprint density at radius 3 is 2.61 bits per heavy atom. The van der Waals surface area contributed by atoms with Crippen molar-refractivity contribution in [1.82, 2.24) is 14.8 Å². The summed E-state index contributed by atoms with van der Waals surface area (Å²) in [6, 6.07) is 2.48. The van der Waals surface area contributed by atoms with Gasteiger partial charge in [0.2, 0.25) is 0 Å². The summed E-state index contributed by atoms with van der Waals surface area (Å²) in [6.45, 7) is 3.58. The Hall–Kier alpha value is -1.62. The molecule has 1 saturated carbocycles. The zero-order valence-corrected chi connectivity index (χ0v) is 10.4. The standard InChI is InChI=1S/C13H18N4O/c14-12-9-15-4-3-11(12)13(18)17-7-5-16(6-8-17)10-1-2-10/h3-4,9-10H,1-2,5-8,14H2. The van der Waals surface area contributed by atoms with Gasteiger partial charge in [0.05, 0.1) is 17.4 Å². The largest absolute Gasteiger partial charge is 0.397 e. The molecule has 0 bridgehead atoms. The quantitative estimate of drug-likeness (QED) is 0.829. The second kappa shape index (κ2) is 4.57. The molecule has 1 saturated heterocycles. The van der Waals surface area contributed by atoms with Crippen molar-refractivity contribution < 1.29 is 4.79 Å². The summed E-state index contributed by atoms with van der Waals surface area (Å²) < 4.78 is 0. The lowest BCUT2D eigenvalue weighted by molar-refractivity contribution is 0.0628. The van der Waals surface area contributed by atoms with Crippen molar-refractivity contribution in [2.75, 3.05) is 31.9 Å². The van der Waals surface area contributed by atoms with Crippen LogP contribution in [0.2, 0.25) is 0 Å². The number of hydrogen-bond acceptors (Lipinski definition) is 4. The van der Waals surface area contributed by atoms with E-state index in [-0.39, 0.29) is 5.91 Å². The lowest BCUT2D eigenvalue weighted by Gasteiger charge is -2.35. The first-order chi connectivity index (χ1) is 8.75. The van der Waals surface area contributed by atoms with E-state index in [2.05, 4.69) is 9.88 Å². The summed E-state index contributed by atoms with van der Waals surface area (Å²) in [7, 11) is 0. The third-order valence-electron chi connectivity index (χ3n) is 3.75. The zero-order valence-electron chi connectivity index (χ0n) is 10.4. The number of piperazine rings is 1. The maximum absolute atomic E-state index is 12.3. The van der Waals surface area contributed by atoms with Gasteiger partial charge in [0.1, 0.15) is 0 Å². The van der Waals surface area contributed by atoms with Crippen LogP contribution >= 0.6 is 0 Å². The molecule has 5 heteroatoms. The molecule has 1 aromatic rings. The molecule has 5 nitrogen and oxygen atoms in total. The Bertz CT molecular complexity index is 450. The molecule has 0 unspecified atom stereocenters. The Morgan fingerprint density at radius 2 is 2.00 bits per heavy atom. The monoisotopic (exact) mass is 246 g/mol. The molecule has 0 aromatic carbocycles. The molecule has 1 aliphatic heterocycles. The van der Waals surface area contributed by atoms with Crippen LogP contribution in [0.15, 0.2) is 18.5 Å². The SMILES string of the molecule is Nc1cnccc1C(=O)N1CCN(C2CC2)CC1. The van der Waals surface area contributed by atoms with E-state index < -0.39 is 0 Å². The predicted octanol–water partition coefficient (Wildman–Crippen LogP) is 0.584. The molecule has 96 valence electrons. The van der Waals surface area contributed by atoms with Gasteiger partial charge in [-0.3, -0.25) is 14.7 Å². The van der Waals surface area contributed by atoms with Crippen molar-refractivity contribution in [3.8, 4) is 0 Å². The van der Waals surface area contributed by atoms with Crippen LogP contribution < -0.4 is 5.73 Å². The molecular weight excluding hydrogens is 228 g/mol. The number of amides is 1. The van der Waals surface area contributed by atoms with E-state index in [1.807, 2.05) is 4.90 Å². The lowest BCUT2D eigenvalue weighted by atomic mass is 10.2. The third kappa shape index (κ3) is 2.18. The highest BCUT2D eigenvalue weighted by Crippen LogP contribution is 2.27. The van der Waals surface area contributed by atoms with Crippen molar-refractivity contribution in [2.24, 2.45) is 0 Å². The summed E-state index contributed by atoms with van der Waals surface area (Å²) in [5.41, 5.74) is 6.83. The minimum atomic E-state index is 0.0327. The van der Waals surface area contributed by atoms with Gasteiger partial charge < -0.3 is 10.6 Å². The van der Waals surface area contributed by atoms with Crippen LogP contribution in [0.3, 0.4) is 0 Å². The van der Waals surface area contributed by atoms with E-state index in [0.29, 0.717) is 11.3 Å². The smallest absolute Gasteiger partial charge is 0.256 e. The molecular formula is C13H18N4O. The fraction of sp³-hybridized carbons (Fsp3) is 0.538. The van der Waals surface area contributed by atoms with E-state index in [1.54, 1.807) is 12.3 Å². The average Bonchev–Trinajstić information content (AvgIpc) is 3.23. The Balaban J connectivity index is 1.65. The molecule has 2 N–H and O–H groups in total. The van der Waals surface area contributed by atoms with Crippen LogP contribution in [-0.2, 0) is 0 Å². The predicted molar refractivity (Wildman–Crippen MR) is 69.1 cm³/mol. The Labute approximate surface area is 107 Å². The van der Waals surface area contributed by atoms with E-state index in [0.717, 1.165) is 32.2 Å². The number of aromatic nitrogens is 1. The fourth-order valence-corrected chi connectivity index (χ4v) is 2.50. The number of nitrogens with two attached hydrogens (primary N) is 1. The van der Waals surface area contributed by atoms with Gasteiger partial charge in [0.25, 0.3) is 5.91 Å². The zero-order chi connectivity index (χ0) is 12.5. The topological polar surface area (TPSA) is 62.5 Å². The number of rotatable bonds is 2. The van der Waals surface area contributed by atoms with Gasteiger partial charge >= 0.3 is 0 Å². The van der Waals surface area contributed by atoms with E-state index in [1.165, 1.54) is 19.0 Å². The second-order valence-electron chi connectivity index (χ2n) is 5.02. The highest BCUT2D eigenvalue weighted by molar-refractivity contribution is 5.98. The highest BCUT2D eigenvalue weighted by Gasteiger charge is 2.32. The Morgan fingerprint density at radius 1 is 1.28 bits per heavy atom. The van der Waals surface area contributed by atoms with Crippen molar-refractivity contribution in [3.63, 3.8) is 0 Å². The van der Waals surface area contributed by atoms with Gasteiger partial charge in [-0.15, -0.1) is 0 Å². The number of carbonyl (C=O) groups is 1. The summed E-state index contributed by atoms with van der Waals surface area (Å²) in [5, 5.41) is 0. The molecule has 0 radical (unpaired) electrons. The van der Waals surface area contributed by atoms with E-state index >= 15 is 0 Å². The van der Waals surface area contributed by atoms with Crippen LogP contribution in [0.1, 0.15) is 23.2 Å². The van der Waals surface area contributed by atoms with Crippen LogP contribution in [0.5, 0.6) is 0 Å². The summed E-state index contributed by atoms with van der Waals surface area (Å²) in [4.78, 5) is 20.6. The van der Waals surface area contributed by atoms with Crippen molar-refractivity contribution >= 4 is 11.6 Å². The molecule has 2 aliphatic rings. The molecule has 3 rings (SSSR count). The summed E-state index contributed by atoms with van der Waals surface area (Å²) in [6.07, 6.45) is 5.80. The number of hydrogen-bond donors (Lipinski definition) is 1. The van der Waals surface area contributed by atoms with E-state index in [4.69, 9.17) is 5.73 Å². The van der Waals surface area contributed by atoms with E-state index in [9.17, 15) is 4.79 Å². The highest BCUT2D eigenvalue weighted by atomic mass is 16.2. The van der Waals surface area contributed by atoms with Gasteiger partial charge in [-0.25, -0.2) is 0 Å². The minimum absolute atomic E-state index is 0.0327. The fourth-order valence-electron chi connectivity index (χ4n) is 2.50. The van der Waals surface area contributed by atoms with Crippen molar-refractivity contribution in [3.05, 3.63) is 24.0 Å². The minimum Gasteiger partial charge on any atom is -0.397 e. The number of pyridine rings is 1. The summed E-state index contributed by atoms with van der Waals surface area (Å²) >= 11 is 0. The van der Waals surface area contributed by atoms with Gasteiger partial charge in [-0.2, -0.15) is 0 Å². The number of anilines is 1. The maximum atomic E-state index is 12.3. The van der Waals surface area contributed by atoms with Gasteiger partial charge in [0, 0.05) is 38.4 Å². The molecule has 1 amide bonds. The van der Waals surface area contributed by atoms with Crippen LogP contribution in [0.25, 0.3) is 0 Å². The first-order valence-corrected chi connectivity index (χ1v) is 6.48. The van der Waals surface area contributed by atoms with Gasteiger partial charge in [-0.1, -0.05) is 0 Å². The summed E-state index contributed by atoms with van der Waals surface area (Å²) in [5.74, 6) is 0.0327. The molecule has 18 heavy (non-hydrogen) atoms. The molecule has 1 aliphatic carbocycles. The third-order valence-corrected chi connectivity index (χ3v) is 3.75. The van der Waals surface area contributed by atoms with Crippen molar-refractivity contribution in [1.29, 1.82) is 0 Å². The number of nitrogens with zero attached hydrogens (tertiary/aromatic N) is 3. The molecule has 2 fully saturated rings. The average molecular weight is 246 g/mol. The van der Waals surface area contributed by atoms with Crippen LogP contribution in [0, 0.1) is 0 Å². The molecule has 1 aromatic heterocycles. The van der Waals surface area contributed by atoms with Crippen LogP contribution in [-0.4, -0.2) is 52.9 Å². The Kier molecular flexibility index (Phi) is 2.91. The van der Waals surface area contributed by atoms with Crippen molar-refractivity contribution in [2.45, 2.75) is 18.9 Å². The number of nitrogen functional groups attached to an aromatic ring is 1. The molecule has 0 spiro atoms. The van der Waals surface area contributed by atoms with Crippen LogP contribution in [0.4, 0.5) is 5.69 Å². The maximum Gasteiger partial charge on any atom is 0.256 e. The van der Waals surface area contributed by atoms with Gasteiger partial charge in [0.15, 0.2) is 0 Å². The van der Waals surface area contributed by atoms with Gasteiger partial charge in [-0.05, 0) is 18.9 Å². The second-order valence-corrected chi connectivity index (χ2v) is 5.02. The normalized spacial score (nSPS) is 21.0. The lowest BCUT2D eigenvalue weighted by Crippen LogP contribution is -2.49. The number of carbonyl (C=O) groups excluding carboxylic acids is 1.